The van der Waals surface area contributed by atoms with Crippen LogP contribution in [-0.2, 0) is 0 Å². The smallest absolute Gasteiger partial charge is 0.0223 e. The van der Waals surface area contributed by atoms with Crippen LogP contribution in [0.4, 0.5) is 0 Å². The van der Waals surface area contributed by atoms with E-state index in [-0.39, 0.29) is 0 Å². The molecule has 0 aromatic heterocycles. The summed E-state index contributed by atoms with van der Waals surface area (Å²) < 4.78 is 0. The Hall–Kier alpha value is 0.250. The van der Waals surface area contributed by atoms with Crippen molar-refractivity contribution in [2.24, 2.45) is 5.92 Å². The fourth-order valence-corrected chi connectivity index (χ4v) is 2.47. The van der Waals surface area contributed by atoms with Crippen LogP contribution in [0.2, 0.25) is 0 Å². The van der Waals surface area contributed by atoms with Gasteiger partial charge in [-0.25, -0.2) is 0 Å². The Morgan fingerprint density at radius 2 is 1.62 bits per heavy atom. The van der Waals surface area contributed by atoms with Gasteiger partial charge in [0.25, 0.3) is 0 Å². The van der Waals surface area contributed by atoms with Crippen LogP contribution in [0.5, 0.6) is 0 Å². The molecule has 0 saturated heterocycles. The van der Waals surface area contributed by atoms with Crippen molar-refractivity contribution in [2.75, 3.05) is 19.0 Å². The molecule has 16 heavy (non-hydrogen) atoms. The summed E-state index contributed by atoms with van der Waals surface area (Å²) in [6, 6.07) is 0.776. The van der Waals surface area contributed by atoms with E-state index in [0.717, 1.165) is 17.8 Å². The number of rotatable bonds is 10. The van der Waals surface area contributed by atoms with Crippen molar-refractivity contribution >= 4 is 11.6 Å². The molecule has 2 heteroatoms. The van der Waals surface area contributed by atoms with Crippen molar-refractivity contribution in [1.82, 2.24) is 4.90 Å². The molecule has 0 saturated carbocycles. The SMILES string of the molecule is CCC(CC)N(CCCCCCl)CC(C)C. The third-order valence-electron chi connectivity index (χ3n) is 3.14. The summed E-state index contributed by atoms with van der Waals surface area (Å²) in [6.07, 6.45) is 6.30. The molecule has 0 fully saturated rings. The number of alkyl halides is 1. The van der Waals surface area contributed by atoms with Gasteiger partial charge in [0.1, 0.15) is 0 Å². The van der Waals surface area contributed by atoms with Gasteiger partial charge in [0, 0.05) is 18.5 Å². The molecule has 0 bridgehead atoms. The lowest BCUT2D eigenvalue weighted by Crippen LogP contribution is -2.38. The molecule has 0 unspecified atom stereocenters. The standard InChI is InChI=1S/C14H30ClN/c1-5-14(6-2)16(12-13(3)4)11-9-7-8-10-15/h13-14H,5-12H2,1-4H3. The molecule has 0 aliphatic carbocycles. The minimum atomic E-state index is 0.772. The predicted molar refractivity (Wildman–Crippen MR) is 75.4 cm³/mol. The number of nitrogens with zero attached hydrogens (tertiary/aromatic N) is 1. The van der Waals surface area contributed by atoms with Crippen LogP contribution < -0.4 is 0 Å². The molecular formula is C14H30ClN. The van der Waals surface area contributed by atoms with Gasteiger partial charge in [0.2, 0.25) is 0 Å². The van der Waals surface area contributed by atoms with Crippen LogP contribution in [0.15, 0.2) is 0 Å². The molecule has 0 aliphatic heterocycles. The van der Waals surface area contributed by atoms with Crippen LogP contribution in [0.1, 0.15) is 59.8 Å². The van der Waals surface area contributed by atoms with Crippen molar-refractivity contribution in [3.63, 3.8) is 0 Å². The Morgan fingerprint density at radius 3 is 2.06 bits per heavy atom. The molecule has 0 heterocycles. The maximum absolute atomic E-state index is 5.70. The third kappa shape index (κ3) is 7.51. The van der Waals surface area contributed by atoms with E-state index in [4.69, 9.17) is 11.6 Å². The maximum Gasteiger partial charge on any atom is 0.0223 e. The molecule has 0 amide bonds. The van der Waals surface area contributed by atoms with E-state index in [1.54, 1.807) is 0 Å². The normalized spacial score (nSPS) is 12.0. The Labute approximate surface area is 108 Å². The topological polar surface area (TPSA) is 3.24 Å². The minimum absolute atomic E-state index is 0.772. The van der Waals surface area contributed by atoms with Gasteiger partial charge in [0.05, 0.1) is 0 Å². The molecule has 98 valence electrons. The summed E-state index contributed by atoms with van der Waals surface area (Å²) in [5.74, 6) is 1.59. The summed E-state index contributed by atoms with van der Waals surface area (Å²) >= 11 is 5.70. The summed E-state index contributed by atoms with van der Waals surface area (Å²) in [5, 5.41) is 0. The van der Waals surface area contributed by atoms with Gasteiger partial charge in [-0.2, -0.15) is 0 Å². The van der Waals surface area contributed by atoms with Crippen LogP contribution in [0, 0.1) is 5.92 Å². The average Bonchev–Trinajstić information content (AvgIpc) is 2.25. The lowest BCUT2D eigenvalue weighted by Gasteiger charge is -2.32. The van der Waals surface area contributed by atoms with Crippen molar-refractivity contribution < 1.29 is 0 Å². The van der Waals surface area contributed by atoms with E-state index < -0.39 is 0 Å². The van der Waals surface area contributed by atoms with Crippen LogP contribution in [0.25, 0.3) is 0 Å². The van der Waals surface area contributed by atoms with Crippen molar-refractivity contribution in [3.05, 3.63) is 0 Å². The molecule has 0 aromatic carbocycles. The van der Waals surface area contributed by atoms with Gasteiger partial charge in [-0.05, 0) is 38.1 Å². The highest BCUT2D eigenvalue weighted by Crippen LogP contribution is 2.13. The highest BCUT2D eigenvalue weighted by atomic mass is 35.5. The molecule has 0 spiro atoms. The average molecular weight is 248 g/mol. The largest absolute Gasteiger partial charge is 0.300 e. The highest BCUT2D eigenvalue weighted by molar-refractivity contribution is 6.17. The quantitative estimate of drug-likeness (QED) is 0.405. The van der Waals surface area contributed by atoms with Gasteiger partial charge in [0.15, 0.2) is 0 Å². The number of unbranched alkanes of at least 4 members (excludes halogenated alkanes) is 2. The van der Waals surface area contributed by atoms with E-state index in [1.807, 2.05) is 0 Å². The molecule has 0 N–H and O–H groups in total. The Balaban J connectivity index is 3.98. The molecular weight excluding hydrogens is 218 g/mol. The Kier molecular flexibility index (Phi) is 10.6. The maximum atomic E-state index is 5.70. The first kappa shape index (κ1) is 16.2. The zero-order valence-electron chi connectivity index (χ0n) is 11.6. The van der Waals surface area contributed by atoms with E-state index in [1.165, 1.54) is 45.2 Å². The zero-order chi connectivity index (χ0) is 12.4. The summed E-state index contributed by atoms with van der Waals surface area (Å²) in [7, 11) is 0. The second kappa shape index (κ2) is 10.4. The second-order valence-corrected chi connectivity index (χ2v) is 5.49. The molecule has 0 aromatic rings. The van der Waals surface area contributed by atoms with Gasteiger partial charge in [-0.3, -0.25) is 0 Å². The fraction of sp³-hybridized carbons (Fsp3) is 1.00. The number of halogens is 1. The predicted octanol–water partition coefficient (Wildman–Crippen LogP) is 4.54. The molecule has 0 radical (unpaired) electrons. The fourth-order valence-electron chi connectivity index (χ4n) is 2.28. The zero-order valence-corrected chi connectivity index (χ0v) is 12.4. The third-order valence-corrected chi connectivity index (χ3v) is 3.40. The first-order chi connectivity index (χ1) is 7.65. The van der Waals surface area contributed by atoms with Crippen LogP contribution in [-0.4, -0.2) is 29.9 Å². The monoisotopic (exact) mass is 247 g/mol. The lowest BCUT2D eigenvalue weighted by molar-refractivity contribution is 0.163. The van der Waals surface area contributed by atoms with Crippen LogP contribution >= 0.6 is 11.6 Å². The highest BCUT2D eigenvalue weighted by Gasteiger charge is 2.15. The van der Waals surface area contributed by atoms with E-state index in [2.05, 4.69) is 32.6 Å². The first-order valence-electron chi connectivity index (χ1n) is 6.95. The lowest BCUT2D eigenvalue weighted by atomic mass is 10.1. The Morgan fingerprint density at radius 1 is 1.00 bits per heavy atom. The van der Waals surface area contributed by atoms with E-state index in [0.29, 0.717) is 0 Å². The number of hydrogen-bond donors (Lipinski definition) is 0. The Bertz CT molecular complexity index is 144. The summed E-state index contributed by atoms with van der Waals surface area (Å²) in [6.45, 7) is 11.7. The first-order valence-corrected chi connectivity index (χ1v) is 7.49. The minimum Gasteiger partial charge on any atom is -0.300 e. The van der Waals surface area contributed by atoms with E-state index >= 15 is 0 Å². The molecule has 0 atom stereocenters. The number of hydrogen-bond acceptors (Lipinski definition) is 1. The second-order valence-electron chi connectivity index (χ2n) is 5.11. The molecule has 0 rings (SSSR count). The molecule has 1 nitrogen and oxygen atoms in total. The summed E-state index contributed by atoms with van der Waals surface area (Å²) in [4.78, 5) is 2.68. The molecule has 0 aliphatic rings. The van der Waals surface area contributed by atoms with Gasteiger partial charge in [-0.15, -0.1) is 11.6 Å². The van der Waals surface area contributed by atoms with Crippen LogP contribution in [0.3, 0.4) is 0 Å². The van der Waals surface area contributed by atoms with Gasteiger partial charge in [-0.1, -0.05) is 34.1 Å². The van der Waals surface area contributed by atoms with Gasteiger partial charge >= 0.3 is 0 Å². The van der Waals surface area contributed by atoms with Gasteiger partial charge < -0.3 is 4.90 Å². The van der Waals surface area contributed by atoms with Crippen molar-refractivity contribution in [1.29, 1.82) is 0 Å². The van der Waals surface area contributed by atoms with Crippen molar-refractivity contribution in [3.8, 4) is 0 Å². The van der Waals surface area contributed by atoms with E-state index in [9.17, 15) is 0 Å². The summed E-state index contributed by atoms with van der Waals surface area (Å²) in [5.41, 5.74) is 0. The van der Waals surface area contributed by atoms with Crippen molar-refractivity contribution in [2.45, 2.75) is 65.8 Å².